The number of carbonyl (C=O) groups excluding carboxylic acids is 1. The number of nitrogens with zero attached hydrogens (tertiary/aromatic N) is 6. The lowest BCUT2D eigenvalue weighted by atomic mass is 10.1. The number of hydrogen-bond donors (Lipinski definition) is 1. The molecule has 1 fully saturated rings. The van der Waals surface area contributed by atoms with Crippen LogP contribution in [0.25, 0.3) is 11.3 Å². The molecule has 0 unspecified atom stereocenters. The van der Waals surface area contributed by atoms with E-state index < -0.39 is 0 Å². The van der Waals surface area contributed by atoms with Gasteiger partial charge in [0.1, 0.15) is 11.6 Å². The van der Waals surface area contributed by atoms with Gasteiger partial charge in [0.05, 0.1) is 17.4 Å². The molecule has 0 aliphatic carbocycles. The molecule has 152 valence electrons. The SMILES string of the molecule is CN(C)c1ccc(-c2ccc3c(n2)N(C(=O)Nc2ccccn2)[C@H]2CCN3C2)cn1. The zero-order valence-electron chi connectivity index (χ0n) is 17.0. The molecule has 8 nitrogen and oxygen atoms in total. The predicted molar refractivity (Wildman–Crippen MR) is 118 cm³/mol. The monoisotopic (exact) mass is 401 g/mol. The molecule has 1 saturated heterocycles. The van der Waals surface area contributed by atoms with Gasteiger partial charge in [-0.15, -0.1) is 0 Å². The van der Waals surface area contributed by atoms with Crippen LogP contribution in [0, 0.1) is 0 Å². The van der Waals surface area contributed by atoms with Gasteiger partial charge in [-0.3, -0.25) is 10.2 Å². The number of nitrogens with one attached hydrogen (secondary N) is 1. The Balaban J connectivity index is 1.50. The third kappa shape index (κ3) is 3.20. The highest BCUT2D eigenvalue weighted by Gasteiger charge is 2.40. The van der Waals surface area contributed by atoms with Crippen molar-refractivity contribution in [2.24, 2.45) is 0 Å². The highest BCUT2D eigenvalue weighted by atomic mass is 16.2. The van der Waals surface area contributed by atoms with Crippen LogP contribution in [0.2, 0.25) is 0 Å². The van der Waals surface area contributed by atoms with Crippen molar-refractivity contribution in [1.82, 2.24) is 15.0 Å². The molecule has 3 aromatic heterocycles. The summed E-state index contributed by atoms with van der Waals surface area (Å²) in [5.41, 5.74) is 2.70. The Morgan fingerprint density at radius 1 is 1.13 bits per heavy atom. The van der Waals surface area contributed by atoms with E-state index in [9.17, 15) is 4.79 Å². The minimum Gasteiger partial charge on any atom is -0.366 e. The van der Waals surface area contributed by atoms with Crippen LogP contribution in [0.15, 0.2) is 54.9 Å². The summed E-state index contributed by atoms with van der Waals surface area (Å²) in [6, 6.07) is 13.4. The highest BCUT2D eigenvalue weighted by Crippen LogP contribution is 2.40. The number of fused-ring (bicyclic) bond motifs is 4. The summed E-state index contributed by atoms with van der Waals surface area (Å²) >= 11 is 0. The average molecular weight is 401 g/mol. The summed E-state index contributed by atoms with van der Waals surface area (Å²) in [6.07, 6.45) is 4.40. The molecule has 3 aromatic rings. The zero-order chi connectivity index (χ0) is 20.7. The van der Waals surface area contributed by atoms with E-state index in [1.807, 2.05) is 55.5 Å². The fourth-order valence-electron chi connectivity index (χ4n) is 4.04. The van der Waals surface area contributed by atoms with Crippen molar-refractivity contribution in [2.45, 2.75) is 12.5 Å². The van der Waals surface area contributed by atoms with Crippen LogP contribution in [0.5, 0.6) is 0 Å². The normalized spacial score (nSPS) is 16.9. The van der Waals surface area contributed by atoms with Crippen LogP contribution >= 0.6 is 0 Å². The lowest BCUT2D eigenvalue weighted by molar-refractivity contribution is 0.254. The number of pyridine rings is 3. The van der Waals surface area contributed by atoms with Gasteiger partial charge in [0.25, 0.3) is 0 Å². The standard InChI is InChI=1S/C22H23N7O/c1-27(2)20-9-6-15(13-24-20)17-7-8-18-21(25-17)29(16-10-12-28(18)14-16)22(30)26-19-5-3-4-11-23-19/h3-9,11,13,16H,10,12,14H2,1-2H3,(H,23,26,30)/t16-/m0/s1. The van der Waals surface area contributed by atoms with Crippen LogP contribution in [-0.4, -0.2) is 54.2 Å². The summed E-state index contributed by atoms with van der Waals surface area (Å²) < 4.78 is 0. The molecule has 5 heterocycles. The fourth-order valence-corrected chi connectivity index (χ4v) is 4.04. The second kappa shape index (κ2) is 7.29. The van der Waals surface area contributed by atoms with E-state index in [1.165, 1.54) is 0 Å². The summed E-state index contributed by atoms with van der Waals surface area (Å²) in [6.45, 7) is 1.74. The lowest BCUT2D eigenvalue weighted by Crippen LogP contribution is -2.48. The van der Waals surface area contributed by atoms with E-state index in [4.69, 9.17) is 4.98 Å². The number of carbonyl (C=O) groups is 1. The molecule has 5 rings (SSSR count). The molecule has 2 amide bonds. The van der Waals surface area contributed by atoms with E-state index in [0.29, 0.717) is 11.6 Å². The van der Waals surface area contributed by atoms with Gasteiger partial charge in [0, 0.05) is 45.1 Å². The van der Waals surface area contributed by atoms with Gasteiger partial charge in [-0.2, -0.15) is 0 Å². The molecule has 2 aliphatic heterocycles. The maximum absolute atomic E-state index is 13.2. The topological polar surface area (TPSA) is 77.5 Å². The molecule has 8 heteroatoms. The Morgan fingerprint density at radius 2 is 2.03 bits per heavy atom. The molecule has 30 heavy (non-hydrogen) atoms. The Morgan fingerprint density at radius 3 is 2.77 bits per heavy atom. The maximum atomic E-state index is 13.2. The van der Waals surface area contributed by atoms with Crippen molar-refractivity contribution in [1.29, 1.82) is 0 Å². The van der Waals surface area contributed by atoms with Gasteiger partial charge in [-0.25, -0.2) is 19.7 Å². The largest absolute Gasteiger partial charge is 0.366 e. The first-order valence-electron chi connectivity index (χ1n) is 10.0. The third-order valence-corrected chi connectivity index (χ3v) is 5.57. The molecule has 1 N–H and O–H groups in total. The van der Waals surface area contributed by atoms with Crippen molar-refractivity contribution in [3.63, 3.8) is 0 Å². The molecule has 2 bridgehead atoms. The van der Waals surface area contributed by atoms with Crippen molar-refractivity contribution in [3.05, 3.63) is 54.9 Å². The van der Waals surface area contributed by atoms with Crippen LogP contribution < -0.4 is 20.0 Å². The second-order valence-corrected chi connectivity index (χ2v) is 7.74. The lowest BCUT2D eigenvalue weighted by Gasteiger charge is -2.35. The first kappa shape index (κ1) is 18.4. The van der Waals surface area contributed by atoms with E-state index in [2.05, 4.69) is 26.3 Å². The number of anilines is 4. The van der Waals surface area contributed by atoms with E-state index in [-0.39, 0.29) is 12.1 Å². The summed E-state index contributed by atoms with van der Waals surface area (Å²) in [4.78, 5) is 32.8. The molecule has 0 aromatic carbocycles. The van der Waals surface area contributed by atoms with Crippen LogP contribution in [0.1, 0.15) is 6.42 Å². The Bertz CT molecular complexity index is 1070. The van der Waals surface area contributed by atoms with Gasteiger partial charge in [-0.05, 0) is 42.8 Å². The van der Waals surface area contributed by atoms with Crippen LogP contribution in [-0.2, 0) is 0 Å². The molecule has 0 radical (unpaired) electrons. The fraction of sp³-hybridized carbons (Fsp3) is 0.273. The number of urea groups is 1. The minimum atomic E-state index is -0.202. The zero-order valence-corrected chi connectivity index (χ0v) is 17.0. The number of amides is 2. The predicted octanol–water partition coefficient (Wildman–Crippen LogP) is 3.24. The van der Waals surface area contributed by atoms with Crippen LogP contribution in [0.3, 0.4) is 0 Å². The summed E-state index contributed by atoms with van der Waals surface area (Å²) in [5, 5.41) is 2.91. The summed E-state index contributed by atoms with van der Waals surface area (Å²) in [7, 11) is 3.92. The van der Waals surface area contributed by atoms with Crippen LogP contribution in [0.4, 0.5) is 27.9 Å². The number of hydrogen-bond acceptors (Lipinski definition) is 6. The first-order chi connectivity index (χ1) is 14.6. The van der Waals surface area contributed by atoms with Gasteiger partial charge in [0.15, 0.2) is 5.82 Å². The second-order valence-electron chi connectivity index (χ2n) is 7.74. The molecular weight excluding hydrogens is 378 g/mol. The van der Waals surface area contributed by atoms with Crippen molar-refractivity contribution < 1.29 is 4.79 Å². The van der Waals surface area contributed by atoms with E-state index in [1.54, 1.807) is 17.2 Å². The van der Waals surface area contributed by atoms with Crippen molar-refractivity contribution in [2.75, 3.05) is 47.2 Å². The molecule has 0 saturated carbocycles. The summed E-state index contributed by atoms with van der Waals surface area (Å²) in [5.74, 6) is 2.10. The highest BCUT2D eigenvalue weighted by molar-refractivity contribution is 6.04. The first-order valence-corrected chi connectivity index (χ1v) is 10.0. The van der Waals surface area contributed by atoms with Gasteiger partial charge >= 0.3 is 6.03 Å². The Hall–Kier alpha value is -3.68. The number of aromatic nitrogens is 3. The quantitative estimate of drug-likeness (QED) is 0.726. The van der Waals surface area contributed by atoms with Crippen molar-refractivity contribution >= 4 is 29.2 Å². The molecular formula is C22H23N7O. The van der Waals surface area contributed by atoms with Crippen molar-refractivity contribution in [3.8, 4) is 11.3 Å². The number of rotatable bonds is 3. The van der Waals surface area contributed by atoms with E-state index >= 15 is 0 Å². The van der Waals surface area contributed by atoms with Gasteiger partial charge in [-0.1, -0.05) is 6.07 Å². The third-order valence-electron chi connectivity index (χ3n) is 5.57. The average Bonchev–Trinajstić information content (AvgIpc) is 3.18. The minimum absolute atomic E-state index is 0.0956. The molecule has 1 atom stereocenters. The maximum Gasteiger partial charge on any atom is 0.329 e. The Labute approximate surface area is 175 Å². The molecule has 0 spiro atoms. The smallest absolute Gasteiger partial charge is 0.329 e. The van der Waals surface area contributed by atoms with Gasteiger partial charge < -0.3 is 9.80 Å². The van der Waals surface area contributed by atoms with Gasteiger partial charge in [0.2, 0.25) is 0 Å². The van der Waals surface area contributed by atoms with E-state index in [0.717, 1.165) is 42.3 Å². The Kier molecular flexibility index (Phi) is 4.46. The molecule has 2 aliphatic rings.